The number of ether oxygens (including phenoxy) is 7. The topological polar surface area (TPSA) is 214 Å². The number of hydrogen-bond donors (Lipinski definition) is 3. The lowest BCUT2D eigenvalue weighted by Crippen LogP contribution is -2.61. The van der Waals surface area contributed by atoms with Gasteiger partial charge in [0.05, 0.1) is 50.8 Å². The summed E-state index contributed by atoms with van der Waals surface area (Å²) in [6.45, 7) is 14.1. The van der Waals surface area contributed by atoms with E-state index in [1.54, 1.807) is 41.1 Å². The fraction of sp³-hybridized carbons (Fsp3) is 0.764. The number of Topliss-reactive ketones (excluding diaryl/α,β-unsaturated/α-hetero) is 3. The summed E-state index contributed by atoms with van der Waals surface area (Å²) in [7, 11) is 4.54. The molecule has 16 nitrogen and oxygen atoms in total. The Morgan fingerprint density at radius 2 is 1.56 bits per heavy atom. The average Bonchev–Trinajstić information content (AvgIpc) is 3.34. The van der Waals surface area contributed by atoms with Crippen LogP contribution in [0, 0.1) is 35.5 Å². The first-order valence-corrected chi connectivity index (χ1v) is 26.1. The molecule has 0 radical (unpaired) electrons. The molecule has 71 heavy (non-hydrogen) atoms. The quantitative estimate of drug-likeness (QED) is 0.0858. The van der Waals surface area contributed by atoms with Crippen LogP contribution in [0.1, 0.15) is 126 Å². The van der Waals surface area contributed by atoms with Gasteiger partial charge >= 0.3 is 5.97 Å². The van der Waals surface area contributed by atoms with Crippen LogP contribution in [0.25, 0.3) is 0 Å². The number of carbonyl (C=O) groups excluding carboxylic acids is 5. The molecule has 0 aromatic heterocycles. The maximum absolute atomic E-state index is 14.5. The van der Waals surface area contributed by atoms with E-state index in [1.165, 1.54) is 12.0 Å². The summed E-state index contributed by atoms with van der Waals surface area (Å²) >= 11 is 0. The Kier molecular flexibility index (Phi) is 24.9. The zero-order valence-corrected chi connectivity index (χ0v) is 44.3. The maximum Gasteiger partial charge on any atom is 0.329 e. The van der Waals surface area contributed by atoms with Gasteiger partial charge in [0, 0.05) is 58.5 Å². The number of piperidine rings is 1. The van der Waals surface area contributed by atoms with Crippen molar-refractivity contribution in [3.05, 3.63) is 47.6 Å². The van der Waals surface area contributed by atoms with Crippen LogP contribution >= 0.6 is 0 Å². The lowest BCUT2D eigenvalue weighted by Gasteiger charge is -2.43. The summed E-state index contributed by atoms with van der Waals surface area (Å²) in [5.41, 5.74) is 1.23. The van der Waals surface area contributed by atoms with Gasteiger partial charge in [-0.15, -0.1) is 0 Å². The van der Waals surface area contributed by atoms with Crippen LogP contribution in [-0.2, 0) is 57.1 Å². The van der Waals surface area contributed by atoms with E-state index in [9.17, 15) is 39.3 Å². The number of cyclic esters (lactones) is 1. The van der Waals surface area contributed by atoms with Gasteiger partial charge in [-0.05, 0) is 107 Å². The van der Waals surface area contributed by atoms with Gasteiger partial charge < -0.3 is 53.4 Å². The Morgan fingerprint density at radius 1 is 0.831 bits per heavy atom. The van der Waals surface area contributed by atoms with Crippen molar-refractivity contribution < 1.29 is 72.5 Å². The molecule has 1 saturated carbocycles. The molecule has 3 aliphatic heterocycles. The zero-order valence-electron chi connectivity index (χ0n) is 44.3. The Hall–Kier alpha value is -3.45. The number of methoxy groups -OCH3 is 3. The molecule has 4 aliphatic rings. The third kappa shape index (κ3) is 17.3. The molecule has 3 heterocycles. The van der Waals surface area contributed by atoms with E-state index >= 15 is 0 Å². The lowest BCUT2D eigenvalue weighted by atomic mass is 9.78. The monoisotopic (exact) mass is 1000 g/mol. The molecule has 1 aliphatic carbocycles. The largest absolute Gasteiger partial charge is 0.460 e. The number of ketones is 3. The summed E-state index contributed by atoms with van der Waals surface area (Å²) in [4.78, 5) is 72.4. The van der Waals surface area contributed by atoms with Gasteiger partial charge in [-0.25, -0.2) is 4.79 Å². The van der Waals surface area contributed by atoms with Gasteiger partial charge in [-0.1, -0.05) is 71.1 Å². The minimum absolute atomic E-state index is 0.00618. The van der Waals surface area contributed by atoms with E-state index in [1.807, 2.05) is 58.1 Å². The van der Waals surface area contributed by atoms with Crippen LogP contribution in [0.2, 0.25) is 0 Å². The van der Waals surface area contributed by atoms with E-state index in [2.05, 4.69) is 0 Å². The molecule has 4 rings (SSSR count). The van der Waals surface area contributed by atoms with Crippen LogP contribution in [0.5, 0.6) is 0 Å². The highest BCUT2D eigenvalue weighted by molar-refractivity contribution is 6.39. The molecule has 2 bridgehead atoms. The molecule has 2 saturated heterocycles. The van der Waals surface area contributed by atoms with Crippen LogP contribution in [0.4, 0.5) is 0 Å². The fourth-order valence-electron chi connectivity index (χ4n) is 10.5. The van der Waals surface area contributed by atoms with Gasteiger partial charge in [-0.2, -0.15) is 0 Å². The Balaban J connectivity index is 1.71. The Bertz CT molecular complexity index is 1860. The molecule has 16 heteroatoms. The maximum atomic E-state index is 14.5. The van der Waals surface area contributed by atoms with Crippen molar-refractivity contribution >= 4 is 29.2 Å². The third-order valence-electron chi connectivity index (χ3n) is 15.2. The van der Waals surface area contributed by atoms with Gasteiger partial charge in [0.1, 0.15) is 30.1 Å². The second-order valence-corrected chi connectivity index (χ2v) is 20.8. The molecule has 402 valence electrons. The summed E-state index contributed by atoms with van der Waals surface area (Å²) < 4.78 is 40.8. The molecule has 3 fully saturated rings. The van der Waals surface area contributed by atoms with Gasteiger partial charge in [0.15, 0.2) is 5.78 Å². The normalized spacial score (nSPS) is 36.8. The van der Waals surface area contributed by atoms with Crippen LogP contribution in [0.3, 0.4) is 0 Å². The van der Waals surface area contributed by atoms with Crippen LogP contribution in [-0.4, -0.2) is 158 Å². The SMILES string of the molecule is COCCOCCO[C@@H]1C[C@@H]2CC[C@@H](C)[C@@](O)(O2)C(=O)C(=O)N2CCCC[C@H]2C(=O)O[C@H]([C@H](C)C[C@@H]2CC[C@@H](O)[C@H](OC)C2)CC(=O)[C@H](C)/C=C(\C)[C@@H](O)[C@@H](OC)C(=O)[C@H](C)C[C@H](C)/C=C/C=CC=C1C. The zero-order chi connectivity index (χ0) is 52.4. The van der Waals surface area contributed by atoms with Crippen LogP contribution < -0.4 is 0 Å². The molecule has 0 unspecified atom stereocenters. The summed E-state index contributed by atoms with van der Waals surface area (Å²) in [5, 5.41) is 34.1. The van der Waals surface area contributed by atoms with Crippen molar-refractivity contribution in [3.63, 3.8) is 0 Å². The lowest BCUT2D eigenvalue weighted by molar-refractivity contribution is -0.266. The summed E-state index contributed by atoms with van der Waals surface area (Å²) in [5.74, 6) is -8.18. The number of aliphatic hydroxyl groups is 3. The number of hydrogen-bond acceptors (Lipinski definition) is 15. The highest BCUT2D eigenvalue weighted by Crippen LogP contribution is 2.38. The smallest absolute Gasteiger partial charge is 0.329 e. The van der Waals surface area contributed by atoms with E-state index in [0.29, 0.717) is 83.2 Å². The second kappa shape index (κ2) is 29.4. The van der Waals surface area contributed by atoms with Crippen molar-refractivity contribution in [2.45, 2.75) is 180 Å². The number of esters is 1. The highest BCUT2D eigenvalue weighted by Gasteiger charge is 2.53. The molecule has 15 atom stereocenters. The summed E-state index contributed by atoms with van der Waals surface area (Å²) in [6, 6.07) is -1.16. The second-order valence-electron chi connectivity index (χ2n) is 20.8. The van der Waals surface area contributed by atoms with Crippen molar-refractivity contribution in [2.75, 3.05) is 54.3 Å². The predicted molar refractivity (Wildman–Crippen MR) is 267 cm³/mol. The highest BCUT2D eigenvalue weighted by atomic mass is 16.6. The van der Waals surface area contributed by atoms with Gasteiger partial charge in [0.2, 0.25) is 5.79 Å². The van der Waals surface area contributed by atoms with Crippen molar-refractivity contribution in [3.8, 4) is 0 Å². The molecule has 3 N–H and O–H groups in total. The third-order valence-corrected chi connectivity index (χ3v) is 15.2. The average molecular weight is 1000 g/mol. The number of aliphatic hydroxyl groups excluding tert-OH is 2. The number of carbonyl (C=O) groups is 5. The molecule has 0 spiro atoms. The Labute approximate surface area is 422 Å². The first kappa shape index (κ1) is 60.1. The number of allylic oxidation sites excluding steroid dienone is 6. The molecule has 0 aromatic rings. The van der Waals surface area contributed by atoms with Gasteiger partial charge in [0.25, 0.3) is 11.7 Å². The number of rotatable bonds is 12. The van der Waals surface area contributed by atoms with E-state index in [-0.39, 0.29) is 67.8 Å². The van der Waals surface area contributed by atoms with Gasteiger partial charge in [-0.3, -0.25) is 19.2 Å². The first-order chi connectivity index (χ1) is 33.7. The van der Waals surface area contributed by atoms with Crippen molar-refractivity contribution in [1.82, 2.24) is 4.90 Å². The predicted octanol–water partition coefficient (Wildman–Crippen LogP) is 6.21. The minimum Gasteiger partial charge on any atom is -0.460 e. The fourth-order valence-corrected chi connectivity index (χ4v) is 10.5. The summed E-state index contributed by atoms with van der Waals surface area (Å²) in [6.07, 6.45) is 10.7. The molecule has 1 amide bonds. The van der Waals surface area contributed by atoms with Crippen molar-refractivity contribution in [1.29, 1.82) is 0 Å². The first-order valence-electron chi connectivity index (χ1n) is 26.1. The van der Waals surface area contributed by atoms with Crippen LogP contribution in [0.15, 0.2) is 47.6 Å². The molecule has 0 aromatic carbocycles. The number of amides is 1. The van der Waals surface area contributed by atoms with E-state index < -0.39 is 83.9 Å². The molecular weight excluding hydrogens is 915 g/mol. The van der Waals surface area contributed by atoms with E-state index in [4.69, 9.17) is 33.2 Å². The minimum atomic E-state index is -2.47. The molecular formula is C55H87NO15. The van der Waals surface area contributed by atoms with Crippen molar-refractivity contribution in [2.24, 2.45) is 35.5 Å². The number of fused-ring (bicyclic) bond motifs is 3. The Morgan fingerprint density at radius 3 is 2.27 bits per heavy atom. The van der Waals surface area contributed by atoms with E-state index in [0.717, 1.165) is 5.57 Å². The standard InChI is InChI=1S/C55H87NO15/c1-34-16-12-11-13-17-35(2)46(69-27-26-68-25-24-65-8)32-42-21-19-40(7)55(64,71-42)52(61)53(62)56-23-15-14-18-43(56)54(63)70-47(37(4)30-41-20-22-44(57)48(31-41)66-9)33-45(58)36(3)29-39(6)50(60)51(67-10)49(59)38(5)28-34/h11-13,16-17,29,34,36-38,40-44,46-48,50-51,57,60,64H,14-15,18-28,30-33H2,1-10H3/b13-11?,16-12+,35-17?,39-29+/t34-,36-,37-,38-,40-,41+,42+,43+,44-,46-,47+,48-,50-,51+,55-/m1/s1. The number of nitrogens with zero attached hydrogens (tertiary/aromatic N) is 1.